The summed E-state index contributed by atoms with van der Waals surface area (Å²) >= 11 is 0. The van der Waals surface area contributed by atoms with Crippen molar-refractivity contribution in [3.63, 3.8) is 0 Å². The number of hydrogen-bond donors (Lipinski definition) is 0. The average molecular weight is 767 g/mol. The van der Waals surface area contributed by atoms with Gasteiger partial charge in [-0.15, -0.1) is 0 Å². The highest BCUT2D eigenvalue weighted by atomic mass is 16.6. The van der Waals surface area contributed by atoms with E-state index in [-0.39, 0.29) is 0 Å². The van der Waals surface area contributed by atoms with E-state index >= 15 is 0 Å². The Bertz CT molecular complexity index is 2360. The Morgan fingerprint density at radius 2 is 0.724 bits per heavy atom. The van der Waals surface area contributed by atoms with Gasteiger partial charge in [0.1, 0.15) is 11.5 Å². The highest BCUT2D eigenvalue weighted by Crippen LogP contribution is 2.37. The first-order valence-corrected chi connectivity index (χ1v) is 19.5. The van der Waals surface area contributed by atoms with Gasteiger partial charge in [0.15, 0.2) is 6.61 Å². The number of nitrogens with zero attached hydrogens (tertiary/aromatic N) is 2. The second-order valence-corrected chi connectivity index (χ2v) is 13.9. The van der Waals surface area contributed by atoms with Crippen LogP contribution in [0.1, 0.15) is 29.2 Å². The molecule has 0 radical (unpaired) electrons. The first-order valence-electron chi connectivity index (χ1n) is 19.5. The molecule has 58 heavy (non-hydrogen) atoms. The number of ether oxygens (including phenoxy) is 3. The highest BCUT2D eigenvalue weighted by Gasteiger charge is 2.15. The zero-order valence-corrected chi connectivity index (χ0v) is 32.8. The summed E-state index contributed by atoms with van der Waals surface area (Å²) in [6.45, 7) is 0.823. The van der Waals surface area contributed by atoms with Crippen molar-refractivity contribution in [3.05, 3.63) is 204 Å². The number of aryl methyl sites for hydroxylation is 4. The zero-order chi connectivity index (χ0) is 40.1. The fourth-order valence-electron chi connectivity index (χ4n) is 6.84. The van der Waals surface area contributed by atoms with Gasteiger partial charge in [0.2, 0.25) is 0 Å². The van der Waals surface area contributed by atoms with Crippen LogP contribution in [0.15, 0.2) is 182 Å². The summed E-state index contributed by atoms with van der Waals surface area (Å²) in [5.41, 5.74) is 11.4. The summed E-state index contributed by atoms with van der Waals surface area (Å²) in [6, 6.07) is 62.6. The lowest BCUT2D eigenvalue weighted by Crippen LogP contribution is -2.17. The monoisotopic (exact) mass is 766 g/mol. The first kappa shape index (κ1) is 39.1. The van der Waals surface area contributed by atoms with Gasteiger partial charge in [-0.2, -0.15) is 0 Å². The van der Waals surface area contributed by atoms with Crippen molar-refractivity contribution in [1.82, 2.24) is 0 Å². The summed E-state index contributed by atoms with van der Waals surface area (Å²) in [4.78, 5) is 27.5. The molecule has 0 aromatic heterocycles. The Morgan fingerprint density at radius 1 is 0.414 bits per heavy atom. The molecule has 0 bridgehead atoms. The first-order chi connectivity index (χ1) is 28.4. The fourth-order valence-corrected chi connectivity index (χ4v) is 6.84. The number of methoxy groups -OCH3 is 1. The van der Waals surface area contributed by atoms with Crippen LogP contribution in [0.2, 0.25) is 0 Å². The molecular weight excluding hydrogens is 721 g/mol. The minimum Gasteiger partial charge on any atom is -0.497 e. The van der Waals surface area contributed by atoms with Crippen molar-refractivity contribution < 1.29 is 23.8 Å². The lowest BCUT2D eigenvalue weighted by atomic mass is 10.00. The third-order valence-electron chi connectivity index (χ3n) is 9.90. The van der Waals surface area contributed by atoms with Crippen molar-refractivity contribution in [2.24, 2.45) is 0 Å². The number of benzene rings is 7. The smallest absolute Gasteiger partial charge is 0.349 e. The summed E-state index contributed by atoms with van der Waals surface area (Å²) in [5, 5.41) is 0. The molecule has 0 spiro atoms. The molecule has 7 aromatic carbocycles. The lowest BCUT2D eigenvalue weighted by Gasteiger charge is -2.25. The molecule has 7 heteroatoms. The van der Waals surface area contributed by atoms with Crippen molar-refractivity contribution in [1.29, 1.82) is 0 Å². The second-order valence-electron chi connectivity index (χ2n) is 13.9. The van der Waals surface area contributed by atoms with Gasteiger partial charge in [-0.05, 0) is 145 Å². The van der Waals surface area contributed by atoms with Gasteiger partial charge < -0.3 is 24.0 Å². The molecular formula is C51H46N2O5. The molecule has 0 fully saturated rings. The van der Waals surface area contributed by atoms with Gasteiger partial charge in [-0.3, -0.25) is 4.79 Å². The molecule has 0 unspecified atom stereocenters. The third-order valence-corrected chi connectivity index (χ3v) is 9.90. The van der Waals surface area contributed by atoms with E-state index in [2.05, 4.69) is 131 Å². The van der Waals surface area contributed by atoms with Crippen LogP contribution in [0.4, 0.5) is 34.1 Å². The number of esters is 2. The van der Waals surface area contributed by atoms with E-state index in [1.807, 2.05) is 48.5 Å². The molecule has 0 amide bonds. The molecule has 0 N–H and O–H groups in total. The van der Waals surface area contributed by atoms with Gasteiger partial charge in [0.25, 0.3) is 0 Å². The molecule has 0 aliphatic heterocycles. The quantitative estimate of drug-likeness (QED) is 0.0716. The Morgan fingerprint density at radius 3 is 1.07 bits per heavy atom. The number of carbonyl (C=O) groups excluding carboxylic acids is 2. The molecule has 290 valence electrons. The van der Waals surface area contributed by atoms with E-state index in [0.717, 1.165) is 65.6 Å². The largest absolute Gasteiger partial charge is 0.497 e. The van der Waals surface area contributed by atoms with Crippen LogP contribution in [0.3, 0.4) is 0 Å². The van der Waals surface area contributed by atoms with Crippen molar-refractivity contribution in [2.75, 3.05) is 23.5 Å². The molecule has 0 saturated carbocycles. The molecule has 0 atom stereocenters. The SMILES string of the molecule is COc1ccc(N(c2ccccc2)c2ccc(CCc3ccc(CCc4ccc(N(c5ccccc5)c5ccc(OC(=O)COC(C)=O)cc5)cc4)cc3)cc2)cc1. The van der Waals surface area contributed by atoms with Crippen LogP contribution in [0.25, 0.3) is 0 Å². The molecule has 0 aliphatic carbocycles. The highest BCUT2D eigenvalue weighted by molar-refractivity contribution is 5.79. The number of para-hydroxylation sites is 2. The molecule has 0 saturated heterocycles. The van der Waals surface area contributed by atoms with Crippen LogP contribution >= 0.6 is 0 Å². The Kier molecular flexibility index (Phi) is 12.9. The zero-order valence-electron chi connectivity index (χ0n) is 32.8. The van der Waals surface area contributed by atoms with Gasteiger partial charge in [0, 0.05) is 41.0 Å². The lowest BCUT2D eigenvalue weighted by molar-refractivity contribution is -0.152. The minimum atomic E-state index is -0.634. The summed E-state index contributed by atoms with van der Waals surface area (Å²) in [5.74, 6) is 0.0449. The van der Waals surface area contributed by atoms with E-state index < -0.39 is 18.5 Å². The van der Waals surface area contributed by atoms with Crippen molar-refractivity contribution >= 4 is 46.1 Å². The van der Waals surface area contributed by atoms with E-state index in [9.17, 15) is 9.59 Å². The summed E-state index contributed by atoms with van der Waals surface area (Å²) in [6.07, 6.45) is 3.83. The number of carbonyl (C=O) groups is 2. The minimum absolute atomic E-state index is 0.375. The number of rotatable bonds is 16. The van der Waals surface area contributed by atoms with Crippen LogP contribution in [-0.2, 0) is 40.0 Å². The van der Waals surface area contributed by atoms with E-state index in [1.54, 1.807) is 19.2 Å². The van der Waals surface area contributed by atoms with Crippen molar-refractivity contribution in [2.45, 2.75) is 32.6 Å². The van der Waals surface area contributed by atoms with Gasteiger partial charge in [0.05, 0.1) is 7.11 Å². The van der Waals surface area contributed by atoms with Crippen LogP contribution in [0.5, 0.6) is 11.5 Å². The Labute approximate surface area is 340 Å². The van der Waals surface area contributed by atoms with Crippen LogP contribution in [0, 0.1) is 0 Å². The molecule has 7 aromatic rings. The summed E-state index contributed by atoms with van der Waals surface area (Å²) < 4.78 is 15.5. The third kappa shape index (κ3) is 10.4. The van der Waals surface area contributed by atoms with Gasteiger partial charge >= 0.3 is 11.9 Å². The van der Waals surface area contributed by atoms with E-state index in [1.165, 1.54) is 29.2 Å². The topological polar surface area (TPSA) is 68.3 Å². The van der Waals surface area contributed by atoms with E-state index in [4.69, 9.17) is 14.2 Å². The maximum Gasteiger partial charge on any atom is 0.349 e. The van der Waals surface area contributed by atoms with Gasteiger partial charge in [-0.1, -0.05) is 84.9 Å². The standard InChI is InChI=1S/C51H46N2O5/c1-38(54)57-37-51(55)58-50-35-31-48(32-36-50)53(44-11-7-4-8-12-44)46-27-23-42(24-28-46)20-18-40-15-13-39(14-16-40)17-19-41-21-25-45(26-22-41)52(43-9-5-3-6-10-43)47-29-33-49(56-2)34-30-47/h3-16,21-36H,17-20,37H2,1-2H3. The maximum atomic E-state index is 12.0. The maximum absolute atomic E-state index is 12.0. The predicted molar refractivity (Wildman–Crippen MR) is 232 cm³/mol. The average Bonchev–Trinajstić information content (AvgIpc) is 3.27. The Hall–Kier alpha value is -7.12. The number of hydrogen-bond acceptors (Lipinski definition) is 7. The number of anilines is 6. The van der Waals surface area contributed by atoms with Crippen molar-refractivity contribution in [3.8, 4) is 11.5 Å². The summed E-state index contributed by atoms with van der Waals surface area (Å²) in [7, 11) is 1.69. The molecule has 0 aliphatic rings. The Balaban J connectivity index is 0.942. The molecule has 7 nitrogen and oxygen atoms in total. The van der Waals surface area contributed by atoms with Crippen LogP contribution in [-0.4, -0.2) is 25.7 Å². The predicted octanol–water partition coefficient (Wildman–Crippen LogP) is 11.7. The molecule has 7 rings (SSSR count). The molecule has 0 heterocycles. The van der Waals surface area contributed by atoms with Crippen LogP contribution < -0.4 is 19.3 Å². The fraction of sp³-hybridized carbons (Fsp3) is 0.137. The van der Waals surface area contributed by atoms with Gasteiger partial charge in [-0.25, -0.2) is 4.79 Å². The normalized spacial score (nSPS) is 10.7. The second kappa shape index (κ2) is 19.2. The van der Waals surface area contributed by atoms with E-state index in [0.29, 0.717) is 5.75 Å².